The standard InChI is InChI=1S/C8H11N2O3PS/c11-6-4-9-3-5-1-2-7(10-8(5)6)14(12)15-13/h1-2,6,9,11-13H,3-4H2. The quantitative estimate of drug-likeness (QED) is 0.445. The fourth-order valence-corrected chi connectivity index (χ4v) is 2.55. The lowest BCUT2D eigenvalue weighted by molar-refractivity contribution is 0.160. The topological polar surface area (TPSA) is 85.6 Å². The highest BCUT2D eigenvalue weighted by atomic mass is 32.7. The molecule has 82 valence electrons. The molecule has 7 heteroatoms. The second-order valence-corrected chi connectivity index (χ2v) is 5.91. The molecule has 1 aliphatic rings. The summed E-state index contributed by atoms with van der Waals surface area (Å²) >= 11 is 0.390. The highest BCUT2D eigenvalue weighted by molar-refractivity contribution is 8.53. The van der Waals surface area contributed by atoms with E-state index in [0.717, 1.165) is 5.56 Å². The Bertz CT molecular complexity index is 366. The normalized spacial score (nSPS) is 22.2. The zero-order chi connectivity index (χ0) is 10.8. The number of hydrogen-bond acceptors (Lipinski definition) is 6. The molecule has 2 rings (SSSR count). The number of rotatable bonds is 2. The molecule has 4 N–H and O–H groups in total. The lowest BCUT2D eigenvalue weighted by Crippen LogP contribution is -2.30. The van der Waals surface area contributed by atoms with Gasteiger partial charge in [0, 0.05) is 13.1 Å². The number of aliphatic hydroxyl groups is 1. The molecular weight excluding hydrogens is 235 g/mol. The Morgan fingerprint density at radius 1 is 1.53 bits per heavy atom. The van der Waals surface area contributed by atoms with Crippen molar-refractivity contribution in [2.75, 3.05) is 6.54 Å². The summed E-state index contributed by atoms with van der Waals surface area (Å²) in [7, 11) is -1.68. The second-order valence-electron chi connectivity index (χ2n) is 3.22. The molecule has 1 aromatic rings. The third-order valence-corrected chi connectivity index (χ3v) is 4.06. The molecule has 0 aromatic carbocycles. The van der Waals surface area contributed by atoms with Crippen LogP contribution >= 0.6 is 19.0 Å². The van der Waals surface area contributed by atoms with Crippen molar-refractivity contribution < 1.29 is 14.6 Å². The van der Waals surface area contributed by atoms with Crippen molar-refractivity contribution in [2.24, 2.45) is 0 Å². The number of hydrogen-bond donors (Lipinski definition) is 4. The van der Waals surface area contributed by atoms with Gasteiger partial charge in [0.05, 0.1) is 17.4 Å². The fraction of sp³-hybridized carbons (Fsp3) is 0.375. The molecule has 1 aliphatic heterocycles. The molecule has 0 aliphatic carbocycles. The van der Waals surface area contributed by atoms with Crippen LogP contribution < -0.4 is 10.8 Å². The Morgan fingerprint density at radius 2 is 2.33 bits per heavy atom. The summed E-state index contributed by atoms with van der Waals surface area (Å²) < 4.78 is 8.74. The molecule has 0 bridgehead atoms. The number of fused-ring (bicyclic) bond motifs is 1. The summed E-state index contributed by atoms with van der Waals surface area (Å²) in [6.07, 6.45) is -0.638. The fourth-order valence-electron chi connectivity index (χ4n) is 1.52. The number of aliphatic hydroxyl groups excluding tert-OH is 1. The molecule has 0 radical (unpaired) electrons. The maximum atomic E-state index is 9.67. The molecular formula is C8H11N2O3PS. The number of β-amino-alcohol motifs (C(OH)–C–C–N with tert-alkyl or cyclic N) is 1. The van der Waals surface area contributed by atoms with Crippen LogP contribution in [0, 0.1) is 0 Å². The van der Waals surface area contributed by atoms with E-state index in [4.69, 9.17) is 4.55 Å². The molecule has 2 atom stereocenters. The van der Waals surface area contributed by atoms with Gasteiger partial charge in [0.25, 0.3) is 0 Å². The van der Waals surface area contributed by atoms with Crippen LogP contribution in [0.15, 0.2) is 12.1 Å². The molecule has 0 fully saturated rings. The minimum Gasteiger partial charge on any atom is -0.385 e. The van der Waals surface area contributed by atoms with Crippen molar-refractivity contribution in [3.8, 4) is 0 Å². The van der Waals surface area contributed by atoms with E-state index in [0.29, 0.717) is 35.9 Å². The SMILES string of the molecule is OSP(O)c1ccc2c(n1)C(O)CNC2. The van der Waals surface area contributed by atoms with E-state index in [9.17, 15) is 10.00 Å². The molecule has 0 saturated carbocycles. The third kappa shape index (κ3) is 2.30. The predicted octanol–water partition coefficient (Wildman–Crippen LogP) is 0.354. The van der Waals surface area contributed by atoms with E-state index in [1.54, 1.807) is 6.07 Å². The van der Waals surface area contributed by atoms with Crippen molar-refractivity contribution in [1.29, 1.82) is 0 Å². The average Bonchev–Trinajstić information content (AvgIpc) is 2.28. The van der Waals surface area contributed by atoms with E-state index in [1.165, 1.54) is 0 Å². The van der Waals surface area contributed by atoms with Crippen molar-refractivity contribution in [3.63, 3.8) is 0 Å². The van der Waals surface area contributed by atoms with E-state index < -0.39 is 13.5 Å². The minimum absolute atomic E-state index is 0.390. The van der Waals surface area contributed by atoms with Crippen molar-refractivity contribution in [1.82, 2.24) is 10.3 Å². The van der Waals surface area contributed by atoms with E-state index in [1.807, 2.05) is 6.07 Å². The molecule has 2 unspecified atom stereocenters. The molecule has 2 heterocycles. The minimum atomic E-state index is -1.68. The lowest BCUT2D eigenvalue weighted by atomic mass is 10.1. The number of nitrogens with one attached hydrogen (secondary N) is 1. The van der Waals surface area contributed by atoms with Crippen molar-refractivity contribution in [3.05, 3.63) is 23.4 Å². The first-order chi connectivity index (χ1) is 7.22. The Labute approximate surface area is 92.3 Å². The Morgan fingerprint density at radius 3 is 3.07 bits per heavy atom. The van der Waals surface area contributed by atoms with Gasteiger partial charge in [-0.15, -0.1) is 0 Å². The first kappa shape index (κ1) is 11.3. The summed E-state index contributed by atoms with van der Waals surface area (Å²) in [5.41, 5.74) is 1.96. The summed E-state index contributed by atoms with van der Waals surface area (Å²) in [5.74, 6) is 0. The highest BCUT2D eigenvalue weighted by Crippen LogP contribution is 2.41. The largest absolute Gasteiger partial charge is 0.385 e. The van der Waals surface area contributed by atoms with Gasteiger partial charge in [-0.05, 0) is 11.6 Å². The van der Waals surface area contributed by atoms with Crippen LogP contribution in [0.3, 0.4) is 0 Å². The van der Waals surface area contributed by atoms with Gasteiger partial charge in [0.2, 0.25) is 0 Å². The van der Waals surface area contributed by atoms with Crippen LogP contribution in [-0.2, 0) is 6.54 Å². The average molecular weight is 246 g/mol. The monoisotopic (exact) mass is 246 g/mol. The predicted molar refractivity (Wildman–Crippen MR) is 59.9 cm³/mol. The van der Waals surface area contributed by atoms with Crippen molar-refractivity contribution >= 4 is 24.4 Å². The van der Waals surface area contributed by atoms with Crippen LogP contribution in [0.2, 0.25) is 0 Å². The van der Waals surface area contributed by atoms with Crippen LogP contribution in [-0.4, -0.2) is 26.1 Å². The van der Waals surface area contributed by atoms with E-state index in [2.05, 4.69) is 10.3 Å². The van der Waals surface area contributed by atoms with Crippen LogP contribution in [0.25, 0.3) is 0 Å². The van der Waals surface area contributed by atoms with Crippen LogP contribution in [0.5, 0.6) is 0 Å². The molecule has 0 spiro atoms. The van der Waals surface area contributed by atoms with Gasteiger partial charge < -0.3 is 19.9 Å². The molecule has 0 saturated heterocycles. The summed E-state index contributed by atoms with van der Waals surface area (Å²) in [6, 6.07) is 3.49. The zero-order valence-electron chi connectivity index (χ0n) is 7.79. The van der Waals surface area contributed by atoms with Gasteiger partial charge >= 0.3 is 0 Å². The van der Waals surface area contributed by atoms with Gasteiger partial charge in [-0.1, -0.05) is 6.07 Å². The Balaban J connectivity index is 2.35. The second kappa shape index (κ2) is 4.74. The van der Waals surface area contributed by atoms with Gasteiger partial charge in [-0.3, -0.25) is 0 Å². The first-order valence-electron chi connectivity index (χ1n) is 4.41. The highest BCUT2D eigenvalue weighted by Gasteiger charge is 2.21. The zero-order valence-corrected chi connectivity index (χ0v) is 9.50. The van der Waals surface area contributed by atoms with E-state index >= 15 is 0 Å². The summed E-state index contributed by atoms with van der Waals surface area (Å²) in [6.45, 7) is 1.15. The number of pyridine rings is 1. The van der Waals surface area contributed by atoms with E-state index in [-0.39, 0.29) is 0 Å². The molecule has 1 aromatic heterocycles. The summed E-state index contributed by atoms with van der Waals surface area (Å²) in [4.78, 5) is 13.6. The number of nitrogens with zero attached hydrogens (tertiary/aromatic N) is 1. The number of aromatic nitrogens is 1. The maximum Gasteiger partial charge on any atom is 0.166 e. The van der Waals surface area contributed by atoms with Crippen LogP contribution in [0.4, 0.5) is 0 Å². The molecule has 0 amide bonds. The first-order valence-corrected chi connectivity index (χ1v) is 7.09. The van der Waals surface area contributed by atoms with Gasteiger partial charge in [0.15, 0.2) is 7.35 Å². The van der Waals surface area contributed by atoms with Gasteiger partial charge in [-0.2, -0.15) is 0 Å². The van der Waals surface area contributed by atoms with Gasteiger partial charge in [0.1, 0.15) is 11.5 Å². The maximum absolute atomic E-state index is 9.67. The third-order valence-electron chi connectivity index (χ3n) is 2.24. The molecule has 15 heavy (non-hydrogen) atoms. The summed E-state index contributed by atoms with van der Waals surface area (Å²) in [5, 5.41) is 12.7. The smallest absolute Gasteiger partial charge is 0.166 e. The lowest BCUT2D eigenvalue weighted by Gasteiger charge is -2.22. The Hall–Kier alpha value is -0.230. The van der Waals surface area contributed by atoms with Gasteiger partial charge in [-0.25, -0.2) is 4.98 Å². The Kier molecular flexibility index (Phi) is 3.56. The van der Waals surface area contributed by atoms with Crippen LogP contribution in [0.1, 0.15) is 17.4 Å². The van der Waals surface area contributed by atoms with Crippen molar-refractivity contribution in [2.45, 2.75) is 12.6 Å². The molecule has 5 nitrogen and oxygen atoms in total.